The smallest absolute Gasteiger partial charge is 0.0469 e. The Hall–Kier alpha value is -0.900. The van der Waals surface area contributed by atoms with Crippen LogP contribution in [0.1, 0.15) is 50.5 Å². The Bertz CT molecular complexity index is 422. The Balaban J connectivity index is 1.93. The number of ether oxygens (including phenoxy) is 1. The van der Waals surface area contributed by atoms with Crippen molar-refractivity contribution in [1.82, 2.24) is 5.43 Å². The van der Waals surface area contributed by atoms with Crippen molar-refractivity contribution in [2.45, 2.75) is 56.4 Å². The second-order valence-electron chi connectivity index (χ2n) is 6.68. The summed E-state index contributed by atoms with van der Waals surface area (Å²) in [7, 11) is 0. The minimum atomic E-state index is 0.205. The van der Waals surface area contributed by atoms with E-state index in [0.717, 1.165) is 26.1 Å². The highest BCUT2D eigenvalue weighted by Crippen LogP contribution is 2.45. The van der Waals surface area contributed by atoms with Crippen molar-refractivity contribution in [3.8, 4) is 0 Å². The molecule has 1 saturated carbocycles. The lowest BCUT2D eigenvalue weighted by Crippen LogP contribution is -2.57. The Labute approximate surface area is 128 Å². The van der Waals surface area contributed by atoms with Crippen molar-refractivity contribution in [3.63, 3.8) is 0 Å². The highest BCUT2D eigenvalue weighted by atomic mass is 16.5. The van der Waals surface area contributed by atoms with E-state index in [-0.39, 0.29) is 5.41 Å². The number of hydrogen-bond acceptors (Lipinski definition) is 3. The lowest BCUT2D eigenvalue weighted by Gasteiger charge is -2.48. The van der Waals surface area contributed by atoms with Crippen molar-refractivity contribution in [3.05, 3.63) is 35.9 Å². The van der Waals surface area contributed by atoms with Gasteiger partial charge in [-0.05, 0) is 37.2 Å². The molecule has 1 heterocycles. The first-order valence-corrected chi connectivity index (χ1v) is 8.46. The largest absolute Gasteiger partial charge is 0.381 e. The fourth-order valence-electron chi connectivity index (χ4n) is 4.53. The zero-order valence-electron chi connectivity index (χ0n) is 12.9. The summed E-state index contributed by atoms with van der Waals surface area (Å²) in [5, 5.41) is 0. The van der Waals surface area contributed by atoms with Gasteiger partial charge in [0.1, 0.15) is 0 Å². The van der Waals surface area contributed by atoms with Gasteiger partial charge in [-0.2, -0.15) is 0 Å². The molecule has 0 bridgehead atoms. The van der Waals surface area contributed by atoms with E-state index in [0.29, 0.717) is 12.0 Å². The van der Waals surface area contributed by atoms with Gasteiger partial charge in [-0.3, -0.25) is 11.3 Å². The fourth-order valence-corrected chi connectivity index (χ4v) is 4.53. The SMILES string of the molecule is NNC(C1CCOCC1)C1(c2ccccc2)CCCCC1. The summed E-state index contributed by atoms with van der Waals surface area (Å²) < 4.78 is 5.55. The van der Waals surface area contributed by atoms with Crippen molar-refractivity contribution in [1.29, 1.82) is 0 Å². The minimum Gasteiger partial charge on any atom is -0.381 e. The predicted molar refractivity (Wildman–Crippen MR) is 85.9 cm³/mol. The summed E-state index contributed by atoms with van der Waals surface area (Å²) in [6.45, 7) is 1.77. The van der Waals surface area contributed by atoms with E-state index >= 15 is 0 Å². The lowest BCUT2D eigenvalue weighted by molar-refractivity contribution is 0.0328. The van der Waals surface area contributed by atoms with E-state index in [4.69, 9.17) is 10.6 Å². The molecule has 1 aromatic rings. The highest BCUT2D eigenvalue weighted by molar-refractivity contribution is 5.29. The van der Waals surface area contributed by atoms with E-state index in [1.54, 1.807) is 0 Å². The molecule has 1 aliphatic carbocycles. The quantitative estimate of drug-likeness (QED) is 0.661. The summed E-state index contributed by atoms with van der Waals surface area (Å²) in [6.07, 6.45) is 8.76. The number of rotatable bonds is 4. The third-order valence-electron chi connectivity index (χ3n) is 5.61. The van der Waals surface area contributed by atoms with Gasteiger partial charge in [0.25, 0.3) is 0 Å². The molecule has 1 unspecified atom stereocenters. The Morgan fingerprint density at radius 2 is 1.71 bits per heavy atom. The zero-order valence-corrected chi connectivity index (χ0v) is 12.9. The van der Waals surface area contributed by atoms with Crippen LogP contribution in [0.2, 0.25) is 0 Å². The zero-order chi connectivity index (χ0) is 14.5. The molecular formula is C18H28N2O. The maximum atomic E-state index is 6.07. The minimum absolute atomic E-state index is 0.205. The predicted octanol–water partition coefficient (Wildman–Crippen LogP) is 3.15. The number of hydrogen-bond donors (Lipinski definition) is 2. The molecule has 0 amide bonds. The third-order valence-corrected chi connectivity index (χ3v) is 5.61. The Morgan fingerprint density at radius 3 is 2.33 bits per heavy atom. The van der Waals surface area contributed by atoms with Crippen molar-refractivity contribution in [2.75, 3.05) is 13.2 Å². The summed E-state index contributed by atoms with van der Waals surface area (Å²) in [5.41, 5.74) is 4.90. The van der Waals surface area contributed by atoms with Gasteiger partial charge in [0.2, 0.25) is 0 Å². The third kappa shape index (κ3) is 3.01. The molecule has 1 atom stereocenters. The molecule has 3 heteroatoms. The van der Waals surface area contributed by atoms with E-state index in [1.807, 2.05) is 0 Å². The molecule has 2 fully saturated rings. The van der Waals surface area contributed by atoms with Gasteiger partial charge >= 0.3 is 0 Å². The first-order chi connectivity index (χ1) is 10.4. The van der Waals surface area contributed by atoms with Crippen molar-refractivity contribution < 1.29 is 4.74 Å². The topological polar surface area (TPSA) is 47.3 Å². The van der Waals surface area contributed by atoms with Gasteiger partial charge in [-0.15, -0.1) is 0 Å². The van der Waals surface area contributed by atoms with Gasteiger partial charge in [0, 0.05) is 24.7 Å². The molecule has 2 aliphatic rings. The van der Waals surface area contributed by atoms with E-state index < -0.39 is 0 Å². The molecule has 21 heavy (non-hydrogen) atoms. The first-order valence-electron chi connectivity index (χ1n) is 8.46. The van der Waals surface area contributed by atoms with Gasteiger partial charge in [-0.1, -0.05) is 49.6 Å². The molecule has 1 aromatic carbocycles. The van der Waals surface area contributed by atoms with Crippen molar-refractivity contribution in [2.24, 2.45) is 11.8 Å². The standard InChI is InChI=1S/C18H28N2O/c19-20-17(15-9-13-21-14-10-15)18(11-5-2-6-12-18)16-7-3-1-4-8-16/h1,3-4,7-8,15,17,20H,2,5-6,9-14,19H2. The number of benzene rings is 1. The average molecular weight is 288 g/mol. The number of hydrazine groups is 1. The molecule has 0 radical (unpaired) electrons. The molecule has 3 rings (SSSR count). The van der Waals surface area contributed by atoms with Crippen LogP contribution >= 0.6 is 0 Å². The van der Waals surface area contributed by atoms with Gasteiger partial charge in [-0.25, -0.2) is 0 Å². The molecule has 3 nitrogen and oxygen atoms in total. The molecule has 0 spiro atoms. The molecule has 1 aliphatic heterocycles. The van der Waals surface area contributed by atoms with Crippen LogP contribution in [0.3, 0.4) is 0 Å². The van der Waals surface area contributed by atoms with E-state index in [2.05, 4.69) is 35.8 Å². The van der Waals surface area contributed by atoms with Crippen LogP contribution in [0.4, 0.5) is 0 Å². The first kappa shape index (κ1) is 15.0. The average Bonchev–Trinajstić information content (AvgIpc) is 2.58. The normalized spacial score (nSPS) is 24.6. The maximum absolute atomic E-state index is 6.07. The Morgan fingerprint density at radius 1 is 1.05 bits per heavy atom. The van der Waals surface area contributed by atoms with Crippen LogP contribution in [0, 0.1) is 5.92 Å². The van der Waals surface area contributed by atoms with Crippen LogP contribution in [-0.4, -0.2) is 19.3 Å². The van der Waals surface area contributed by atoms with Gasteiger partial charge in [0.15, 0.2) is 0 Å². The second kappa shape index (κ2) is 6.91. The molecule has 0 aromatic heterocycles. The van der Waals surface area contributed by atoms with E-state index in [9.17, 15) is 0 Å². The number of nitrogens with one attached hydrogen (secondary N) is 1. The molecule has 116 valence electrons. The summed E-state index contributed by atoms with van der Waals surface area (Å²) in [6, 6.07) is 11.4. The summed E-state index contributed by atoms with van der Waals surface area (Å²) >= 11 is 0. The number of nitrogens with two attached hydrogens (primary N) is 1. The van der Waals surface area contributed by atoms with E-state index in [1.165, 1.54) is 37.7 Å². The molecule has 1 saturated heterocycles. The van der Waals surface area contributed by atoms with Crippen molar-refractivity contribution >= 4 is 0 Å². The maximum Gasteiger partial charge on any atom is 0.0469 e. The van der Waals surface area contributed by atoms with Crippen LogP contribution in [0.5, 0.6) is 0 Å². The second-order valence-corrected chi connectivity index (χ2v) is 6.68. The monoisotopic (exact) mass is 288 g/mol. The molecular weight excluding hydrogens is 260 g/mol. The summed E-state index contributed by atoms with van der Waals surface area (Å²) in [4.78, 5) is 0. The molecule has 3 N–H and O–H groups in total. The summed E-state index contributed by atoms with van der Waals surface area (Å²) in [5.74, 6) is 6.69. The van der Waals surface area contributed by atoms with Crippen LogP contribution in [0.15, 0.2) is 30.3 Å². The fraction of sp³-hybridized carbons (Fsp3) is 0.667. The van der Waals surface area contributed by atoms with Gasteiger partial charge < -0.3 is 4.74 Å². The van der Waals surface area contributed by atoms with Crippen LogP contribution in [0.25, 0.3) is 0 Å². The highest BCUT2D eigenvalue weighted by Gasteiger charge is 2.44. The lowest BCUT2D eigenvalue weighted by atomic mass is 9.61. The Kier molecular flexibility index (Phi) is 4.94. The van der Waals surface area contributed by atoms with Crippen LogP contribution in [-0.2, 0) is 10.2 Å². The van der Waals surface area contributed by atoms with Crippen LogP contribution < -0.4 is 11.3 Å². The van der Waals surface area contributed by atoms with Gasteiger partial charge in [0.05, 0.1) is 0 Å².